The Balaban J connectivity index is 2.12. The van der Waals surface area contributed by atoms with Crippen molar-refractivity contribution in [1.82, 2.24) is 20.2 Å². The molecule has 2 aromatic rings. The summed E-state index contributed by atoms with van der Waals surface area (Å²) >= 11 is 6.09. The van der Waals surface area contributed by atoms with Crippen LogP contribution in [0.4, 0.5) is 0 Å². The van der Waals surface area contributed by atoms with E-state index < -0.39 is 5.97 Å². The first kappa shape index (κ1) is 14.3. The first-order chi connectivity index (χ1) is 9.63. The fourth-order valence-corrected chi connectivity index (χ4v) is 1.95. The van der Waals surface area contributed by atoms with Crippen LogP contribution in [-0.2, 0) is 11.3 Å². The van der Waals surface area contributed by atoms with Crippen LogP contribution in [0.5, 0.6) is 5.75 Å². The number of methoxy groups -OCH3 is 1. The number of hydrogen-bond acceptors (Lipinski definition) is 6. The number of rotatable bonds is 5. The van der Waals surface area contributed by atoms with Gasteiger partial charge in [0.25, 0.3) is 0 Å². The topological polar surface area (TPSA) is 79.1 Å². The van der Waals surface area contributed by atoms with Crippen LogP contribution in [0.3, 0.4) is 0 Å². The van der Waals surface area contributed by atoms with E-state index in [2.05, 4.69) is 15.5 Å². The van der Waals surface area contributed by atoms with E-state index in [0.717, 1.165) is 0 Å². The van der Waals surface area contributed by atoms with Crippen LogP contribution >= 0.6 is 11.6 Å². The molecular weight excluding hydrogens is 284 g/mol. The van der Waals surface area contributed by atoms with Gasteiger partial charge in [0.05, 0.1) is 24.2 Å². The molecule has 0 atom stereocenters. The predicted octanol–water partition coefficient (Wildman–Crippen LogP) is 1.50. The number of carbonyl (C=O) groups excluding carboxylic acids is 1. The van der Waals surface area contributed by atoms with Gasteiger partial charge in [0.1, 0.15) is 18.7 Å². The van der Waals surface area contributed by atoms with Gasteiger partial charge >= 0.3 is 5.97 Å². The zero-order valence-corrected chi connectivity index (χ0v) is 11.8. The standard InChI is InChI=1S/C12H13ClN4O3/c1-8-9(12(18)19-2)3-4-10(13)11(8)20-6-5-17-7-14-15-16-17/h3-4,7H,5-6H2,1-2H3. The molecule has 0 aliphatic rings. The van der Waals surface area contributed by atoms with Crippen molar-refractivity contribution in [3.8, 4) is 5.75 Å². The maximum Gasteiger partial charge on any atom is 0.338 e. The molecule has 2 rings (SSSR count). The highest BCUT2D eigenvalue weighted by molar-refractivity contribution is 6.32. The summed E-state index contributed by atoms with van der Waals surface area (Å²) in [6.07, 6.45) is 1.49. The van der Waals surface area contributed by atoms with Crippen LogP contribution in [-0.4, -0.2) is 39.9 Å². The number of hydrogen-bond donors (Lipinski definition) is 0. The van der Waals surface area contributed by atoms with Crippen molar-refractivity contribution in [2.45, 2.75) is 13.5 Å². The molecule has 0 spiro atoms. The van der Waals surface area contributed by atoms with Crippen LogP contribution in [0, 0.1) is 6.92 Å². The molecule has 0 unspecified atom stereocenters. The summed E-state index contributed by atoms with van der Waals surface area (Å²) in [5.41, 5.74) is 1.07. The lowest BCUT2D eigenvalue weighted by molar-refractivity contribution is 0.0599. The smallest absolute Gasteiger partial charge is 0.338 e. The SMILES string of the molecule is COC(=O)c1ccc(Cl)c(OCCn2cnnn2)c1C. The first-order valence-electron chi connectivity index (χ1n) is 5.84. The van der Waals surface area contributed by atoms with Gasteiger partial charge in [-0.05, 0) is 29.5 Å². The second-order valence-corrected chi connectivity index (χ2v) is 4.37. The summed E-state index contributed by atoms with van der Waals surface area (Å²) < 4.78 is 11.9. The van der Waals surface area contributed by atoms with Crippen LogP contribution in [0.15, 0.2) is 18.5 Å². The van der Waals surface area contributed by atoms with Gasteiger partial charge in [0.15, 0.2) is 0 Å². The Morgan fingerprint density at radius 1 is 1.45 bits per heavy atom. The zero-order valence-electron chi connectivity index (χ0n) is 11.0. The van der Waals surface area contributed by atoms with Crippen molar-refractivity contribution in [3.63, 3.8) is 0 Å². The average Bonchev–Trinajstić information content (AvgIpc) is 2.95. The molecule has 1 aromatic heterocycles. The van der Waals surface area contributed by atoms with Crippen LogP contribution in [0.1, 0.15) is 15.9 Å². The van der Waals surface area contributed by atoms with Gasteiger partial charge in [0, 0.05) is 5.56 Å². The fraction of sp³-hybridized carbons (Fsp3) is 0.333. The van der Waals surface area contributed by atoms with Crippen molar-refractivity contribution < 1.29 is 14.3 Å². The highest BCUT2D eigenvalue weighted by atomic mass is 35.5. The zero-order chi connectivity index (χ0) is 14.5. The lowest BCUT2D eigenvalue weighted by Gasteiger charge is -2.13. The molecule has 7 nitrogen and oxygen atoms in total. The lowest BCUT2D eigenvalue weighted by Crippen LogP contribution is -2.11. The van der Waals surface area contributed by atoms with E-state index >= 15 is 0 Å². The summed E-state index contributed by atoms with van der Waals surface area (Å²) in [6, 6.07) is 3.21. The van der Waals surface area contributed by atoms with Crippen molar-refractivity contribution in [2.24, 2.45) is 0 Å². The molecule has 1 heterocycles. The number of aromatic nitrogens is 4. The number of ether oxygens (including phenoxy) is 2. The quantitative estimate of drug-likeness (QED) is 0.778. The molecule has 20 heavy (non-hydrogen) atoms. The Bertz CT molecular complexity index is 601. The third kappa shape index (κ3) is 3.05. The van der Waals surface area contributed by atoms with Crippen molar-refractivity contribution in [3.05, 3.63) is 34.6 Å². The van der Waals surface area contributed by atoms with E-state index in [-0.39, 0.29) is 0 Å². The number of tetrazole rings is 1. The Morgan fingerprint density at radius 2 is 2.25 bits per heavy atom. The van der Waals surface area contributed by atoms with Crippen molar-refractivity contribution in [1.29, 1.82) is 0 Å². The Morgan fingerprint density at radius 3 is 2.90 bits per heavy atom. The van der Waals surface area contributed by atoms with E-state index in [0.29, 0.717) is 35.1 Å². The minimum Gasteiger partial charge on any atom is -0.490 e. The monoisotopic (exact) mass is 296 g/mol. The molecule has 1 aromatic carbocycles. The number of nitrogens with zero attached hydrogens (tertiary/aromatic N) is 4. The lowest BCUT2D eigenvalue weighted by atomic mass is 10.1. The van der Waals surface area contributed by atoms with E-state index in [1.165, 1.54) is 18.1 Å². The first-order valence-corrected chi connectivity index (χ1v) is 6.22. The van der Waals surface area contributed by atoms with Gasteiger partial charge in [-0.15, -0.1) is 5.10 Å². The number of halogens is 1. The molecule has 0 radical (unpaired) electrons. The van der Waals surface area contributed by atoms with Crippen LogP contribution in [0.25, 0.3) is 0 Å². The third-order valence-corrected chi connectivity index (χ3v) is 3.02. The second kappa shape index (κ2) is 6.33. The molecule has 0 saturated heterocycles. The minimum atomic E-state index is -0.426. The molecule has 0 saturated carbocycles. The molecule has 0 bridgehead atoms. The summed E-state index contributed by atoms with van der Waals surface area (Å²) in [4.78, 5) is 11.6. The summed E-state index contributed by atoms with van der Waals surface area (Å²) in [5, 5.41) is 11.2. The van der Waals surface area contributed by atoms with Gasteiger partial charge in [-0.2, -0.15) is 0 Å². The van der Waals surface area contributed by atoms with Crippen LogP contribution < -0.4 is 4.74 Å². The van der Waals surface area contributed by atoms with Gasteiger partial charge < -0.3 is 9.47 Å². The molecule has 0 aliphatic heterocycles. The Hall–Kier alpha value is -2.15. The number of esters is 1. The largest absolute Gasteiger partial charge is 0.490 e. The number of carbonyl (C=O) groups is 1. The molecule has 106 valence electrons. The predicted molar refractivity (Wildman–Crippen MR) is 70.8 cm³/mol. The van der Waals surface area contributed by atoms with E-state index in [4.69, 9.17) is 21.1 Å². The molecule has 0 aliphatic carbocycles. The normalized spacial score (nSPS) is 10.3. The van der Waals surface area contributed by atoms with Gasteiger partial charge in [0.2, 0.25) is 0 Å². The van der Waals surface area contributed by atoms with Crippen molar-refractivity contribution >= 4 is 17.6 Å². The minimum absolute atomic E-state index is 0.330. The fourth-order valence-electron chi connectivity index (χ4n) is 1.69. The maximum atomic E-state index is 11.6. The van der Waals surface area contributed by atoms with Gasteiger partial charge in [-0.1, -0.05) is 11.6 Å². The van der Waals surface area contributed by atoms with Gasteiger partial charge in [-0.25, -0.2) is 9.48 Å². The highest BCUT2D eigenvalue weighted by Gasteiger charge is 2.16. The molecule has 0 amide bonds. The number of benzene rings is 1. The maximum absolute atomic E-state index is 11.6. The molecular formula is C12H13ClN4O3. The summed E-state index contributed by atoms with van der Waals surface area (Å²) in [6.45, 7) is 2.56. The Kier molecular flexibility index (Phi) is 4.52. The molecule has 0 N–H and O–H groups in total. The summed E-state index contributed by atoms with van der Waals surface area (Å²) in [7, 11) is 1.33. The van der Waals surface area contributed by atoms with E-state index in [1.54, 1.807) is 19.1 Å². The van der Waals surface area contributed by atoms with Crippen molar-refractivity contribution in [2.75, 3.05) is 13.7 Å². The van der Waals surface area contributed by atoms with E-state index in [1.807, 2.05) is 0 Å². The molecule has 8 heteroatoms. The Labute approximate surface area is 120 Å². The highest BCUT2D eigenvalue weighted by Crippen LogP contribution is 2.31. The van der Waals surface area contributed by atoms with Crippen LogP contribution in [0.2, 0.25) is 5.02 Å². The average molecular weight is 297 g/mol. The molecule has 0 fully saturated rings. The van der Waals surface area contributed by atoms with Gasteiger partial charge in [-0.3, -0.25) is 0 Å². The second-order valence-electron chi connectivity index (χ2n) is 3.96. The summed E-state index contributed by atoms with van der Waals surface area (Å²) in [5.74, 6) is 0.0344. The third-order valence-electron chi connectivity index (χ3n) is 2.72. The van der Waals surface area contributed by atoms with E-state index in [9.17, 15) is 4.79 Å².